The molecule has 17 heavy (non-hydrogen) atoms. The van der Waals surface area contributed by atoms with Gasteiger partial charge >= 0.3 is 0 Å². The Balaban J connectivity index is 2.09. The van der Waals surface area contributed by atoms with Crippen LogP contribution in [0.1, 0.15) is 12.1 Å². The van der Waals surface area contributed by atoms with E-state index in [1.807, 2.05) is 32.1 Å². The zero-order valence-corrected chi connectivity index (χ0v) is 10.4. The van der Waals surface area contributed by atoms with Gasteiger partial charge in [0, 0.05) is 19.8 Å². The molecule has 1 amide bonds. The number of aromatic nitrogens is 2. The Kier molecular flexibility index (Phi) is 3.23. The van der Waals surface area contributed by atoms with E-state index in [1.165, 1.54) is 0 Å². The first-order valence-electron chi connectivity index (χ1n) is 5.59. The third-order valence-electron chi connectivity index (χ3n) is 2.72. The van der Waals surface area contributed by atoms with E-state index in [4.69, 9.17) is 0 Å². The fourth-order valence-electron chi connectivity index (χ4n) is 1.74. The highest BCUT2D eigenvalue weighted by Crippen LogP contribution is 2.13. The number of likely N-dealkylation sites (N-methyl/N-ethyl adjacent to an activating group) is 1. The Labute approximate surface area is 100 Å². The highest BCUT2D eigenvalue weighted by atomic mass is 16.2. The molecule has 0 radical (unpaired) electrons. The number of nitrogens with zero attached hydrogens (tertiary/aromatic N) is 5. The first-order chi connectivity index (χ1) is 8.08. The first-order valence-corrected chi connectivity index (χ1v) is 5.59. The van der Waals surface area contributed by atoms with Gasteiger partial charge in [-0.05, 0) is 20.2 Å². The zero-order valence-electron chi connectivity index (χ0n) is 10.4. The number of hydrazone groups is 1. The van der Waals surface area contributed by atoms with Crippen LogP contribution in [0.25, 0.3) is 0 Å². The number of carbonyl (C=O) groups excluding carboxylic acids is 1. The van der Waals surface area contributed by atoms with E-state index in [0.717, 1.165) is 18.0 Å². The molecule has 92 valence electrons. The molecule has 1 aromatic rings. The number of hydrogen-bond donors (Lipinski definition) is 0. The largest absolute Gasteiger partial charge is 0.308 e. The quantitative estimate of drug-likeness (QED) is 0.733. The van der Waals surface area contributed by atoms with Gasteiger partial charge in [0.25, 0.3) is 0 Å². The molecule has 0 saturated carbocycles. The van der Waals surface area contributed by atoms with E-state index in [0.29, 0.717) is 13.0 Å². The summed E-state index contributed by atoms with van der Waals surface area (Å²) in [6.07, 6.45) is 2.08. The molecule has 0 spiro atoms. The Hall–Kier alpha value is -1.69. The summed E-state index contributed by atoms with van der Waals surface area (Å²) in [5.74, 6) is 0.0584. The van der Waals surface area contributed by atoms with Crippen LogP contribution in [-0.2, 0) is 11.8 Å². The van der Waals surface area contributed by atoms with Crippen molar-refractivity contribution < 1.29 is 4.79 Å². The lowest BCUT2D eigenvalue weighted by Gasteiger charge is -2.14. The van der Waals surface area contributed by atoms with Gasteiger partial charge in [0.15, 0.2) is 0 Å². The maximum atomic E-state index is 11.8. The maximum Gasteiger partial charge on any atom is 0.248 e. The highest BCUT2D eigenvalue weighted by Gasteiger charge is 2.25. The van der Waals surface area contributed by atoms with Gasteiger partial charge < -0.3 is 4.90 Å². The minimum absolute atomic E-state index is 0.0584. The Morgan fingerprint density at radius 1 is 1.47 bits per heavy atom. The molecule has 1 aliphatic rings. The Morgan fingerprint density at radius 2 is 2.24 bits per heavy atom. The summed E-state index contributed by atoms with van der Waals surface area (Å²) < 4.78 is 1.74. The topological polar surface area (TPSA) is 53.7 Å². The second-order valence-corrected chi connectivity index (χ2v) is 4.38. The van der Waals surface area contributed by atoms with Gasteiger partial charge in [0.05, 0.1) is 24.4 Å². The Morgan fingerprint density at radius 3 is 2.82 bits per heavy atom. The summed E-state index contributed by atoms with van der Waals surface area (Å²) in [5, 5.41) is 9.98. The van der Waals surface area contributed by atoms with Crippen molar-refractivity contribution in [2.24, 2.45) is 12.1 Å². The van der Waals surface area contributed by atoms with Crippen molar-refractivity contribution in [2.75, 3.05) is 27.2 Å². The molecular formula is C11H17N5O. The minimum atomic E-state index is 0.0584. The lowest BCUT2D eigenvalue weighted by Crippen LogP contribution is -2.29. The molecule has 0 atom stereocenters. The number of hydrogen-bond acceptors (Lipinski definition) is 4. The fourth-order valence-corrected chi connectivity index (χ4v) is 1.74. The van der Waals surface area contributed by atoms with Gasteiger partial charge in [-0.3, -0.25) is 9.48 Å². The predicted octanol–water partition coefficient (Wildman–Crippen LogP) is -0.0819. The van der Waals surface area contributed by atoms with Crippen molar-refractivity contribution in [1.29, 1.82) is 0 Å². The van der Waals surface area contributed by atoms with Crippen LogP contribution in [0.4, 0.5) is 0 Å². The van der Waals surface area contributed by atoms with Crippen LogP contribution in [0.15, 0.2) is 17.4 Å². The number of amides is 1. The van der Waals surface area contributed by atoms with Crippen LogP contribution in [0, 0.1) is 0 Å². The zero-order chi connectivity index (χ0) is 12.4. The molecule has 6 nitrogen and oxygen atoms in total. The summed E-state index contributed by atoms with van der Waals surface area (Å²) in [4.78, 5) is 13.8. The van der Waals surface area contributed by atoms with E-state index in [9.17, 15) is 4.79 Å². The lowest BCUT2D eigenvalue weighted by atomic mass is 10.2. The monoisotopic (exact) mass is 235 g/mol. The second-order valence-electron chi connectivity index (χ2n) is 4.38. The smallest absolute Gasteiger partial charge is 0.248 e. The van der Waals surface area contributed by atoms with Crippen molar-refractivity contribution >= 4 is 11.6 Å². The average molecular weight is 235 g/mol. The SMILES string of the molecule is CN(C)CCN1N=C(c2ccnn2C)CC1=O. The highest BCUT2D eigenvalue weighted by molar-refractivity contribution is 6.12. The van der Waals surface area contributed by atoms with Crippen molar-refractivity contribution in [2.45, 2.75) is 6.42 Å². The van der Waals surface area contributed by atoms with Gasteiger partial charge in [-0.2, -0.15) is 10.2 Å². The van der Waals surface area contributed by atoms with Gasteiger partial charge in [-0.1, -0.05) is 0 Å². The van der Waals surface area contributed by atoms with Crippen molar-refractivity contribution in [3.8, 4) is 0 Å². The molecule has 2 heterocycles. The first kappa shape index (κ1) is 11.8. The van der Waals surface area contributed by atoms with Crippen LogP contribution < -0.4 is 0 Å². The molecule has 0 bridgehead atoms. The van der Waals surface area contributed by atoms with E-state index >= 15 is 0 Å². The van der Waals surface area contributed by atoms with E-state index in [1.54, 1.807) is 15.9 Å². The van der Waals surface area contributed by atoms with Crippen LogP contribution in [0.3, 0.4) is 0 Å². The fraction of sp³-hybridized carbons (Fsp3) is 0.545. The summed E-state index contributed by atoms with van der Waals surface area (Å²) >= 11 is 0. The predicted molar refractivity (Wildman–Crippen MR) is 64.6 cm³/mol. The van der Waals surface area contributed by atoms with E-state index in [-0.39, 0.29) is 5.91 Å². The standard InChI is InChI=1S/C11H17N5O/c1-14(2)6-7-16-11(17)8-9(13-16)10-4-5-12-15(10)3/h4-5H,6-8H2,1-3H3. The molecule has 6 heteroatoms. The molecule has 1 aromatic heterocycles. The van der Waals surface area contributed by atoms with E-state index < -0.39 is 0 Å². The second kappa shape index (κ2) is 4.67. The van der Waals surface area contributed by atoms with Crippen LogP contribution in [-0.4, -0.2) is 58.5 Å². The number of carbonyl (C=O) groups is 1. The molecule has 0 unspecified atom stereocenters. The van der Waals surface area contributed by atoms with Crippen LogP contribution >= 0.6 is 0 Å². The molecule has 2 rings (SSSR count). The van der Waals surface area contributed by atoms with Crippen molar-refractivity contribution in [3.63, 3.8) is 0 Å². The normalized spacial score (nSPS) is 15.9. The molecular weight excluding hydrogens is 218 g/mol. The van der Waals surface area contributed by atoms with Gasteiger partial charge in [-0.15, -0.1) is 0 Å². The number of aryl methyl sites for hydroxylation is 1. The third kappa shape index (κ3) is 2.52. The van der Waals surface area contributed by atoms with Crippen molar-refractivity contribution in [1.82, 2.24) is 19.7 Å². The molecule has 0 aromatic carbocycles. The van der Waals surface area contributed by atoms with Gasteiger partial charge in [0.2, 0.25) is 5.91 Å². The summed E-state index contributed by atoms with van der Waals surface area (Å²) in [5.41, 5.74) is 1.71. The molecule has 1 aliphatic heterocycles. The van der Waals surface area contributed by atoms with E-state index in [2.05, 4.69) is 10.2 Å². The Bertz CT molecular complexity index is 448. The molecule has 0 N–H and O–H groups in total. The summed E-state index contributed by atoms with van der Waals surface area (Å²) in [6, 6.07) is 1.88. The minimum Gasteiger partial charge on any atom is -0.308 e. The van der Waals surface area contributed by atoms with Crippen molar-refractivity contribution in [3.05, 3.63) is 18.0 Å². The third-order valence-corrected chi connectivity index (χ3v) is 2.72. The summed E-state index contributed by atoms with van der Waals surface area (Å²) in [6.45, 7) is 1.45. The van der Waals surface area contributed by atoms with Crippen LogP contribution in [0.5, 0.6) is 0 Å². The van der Waals surface area contributed by atoms with Crippen LogP contribution in [0.2, 0.25) is 0 Å². The lowest BCUT2D eigenvalue weighted by molar-refractivity contribution is -0.128. The average Bonchev–Trinajstić information content (AvgIpc) is 2.82. The van der Waals surface area contributed by atoms with Gasteiger partial charge in [0.1, 0.15) is 0 Å². The molecule has 0 aliphatic carbocycles. The van der Waals surface area contributed by atoms with Gasteiger partial charge in [-0.25, -0.2) is 5.01 Å². The maximum absolute atomic E-state index is 11.8. The molecule has 0 saturated heterocycles. The number of rotatable bonds is 4. The summed E-state index contributed by atoms with van der Waals surface area (Å²) in [7, 11) is 5.81. The molecule has 0 fully saturated rings.